The predicted octanol–water partition coefficient (Wildman–Crippen LogP) is 3.95. The van der Waals surface area contributed by atoms with Crippen molar-refractivity contribution in [3.8, 4) is 0 Å². The standard InChI is InChI=1S/C19H23BrN6OS/c1-3-9-21-16-15-12-23-26(17(15)25-19(24-16)28-4-2)11-10-22-18(27)13-5-7-14(20)8-6-13/h5-8,12H,3-4,9-11H2,1-2H3,(H,22,27)(H,21,24,25). The Hall–Kier alpha value is -2.13. The Labute approximate surface area is 176 Å². The predicted molar refractivity (Wildman–Crippen MR) is 117 cm³/mol. The normalized spacial score (nSPS) is 11.0. The zero-order valence-electron chi connectivity index (χ0n) is 15.9. The van der Waals surface area contributed by atoms with E-state index in [0.717, 1.165) is 45.2 Å². The second kappa shape index (κ2) is 9.88. The fourth-order valence-corrected chi connectivity index (χ4v) is 3.48. The van der Waals surface area contributed by atoms with Crippen molar-refractivity contribution in [3.05, 3.63) is 40.5 Å². The van der Waals surface area contributed by atoms with Gasteiger partial charge in [0, 0.05) is 23.1 Å². The minimum Gasteiger partial charge on any atom is -0.369 e. The van der Waals surface area contributed by atoms with E-state index in [1.807, 2.05) is 16.8 Å². The molecule has 2 heterocycles. The topological polar surface area (TPSA) is 84.7 Å². The number of carbonyl (C=O) groups is 1. The molecular weight excluding hydrogens is 440 g/mol. The van der Waals surface area contributed by atoms with E-state index in [-0.39, 0.29) is 5.91 Å². The Morgan fingerprint density at radius 3 is 2.68 bits per heavy atom. The van der Waals surface area contributed by atoms with E-state index < -0.39 is 0 Å². The number of rotatable bonds is 9. The molecule has 0 fully saturated rings. The van der Waals surface area contributed by atoms with Crippen LogP contribution in [0.3, 0.4) is 0 Å². The van der Waals surface area contributed by atoms with E-state index >= 15 is 0 Å². The maximum Gasteiger partial charge on any atom is 0.251 e. The zero-order chi connectivity index (χ0) is 19.9. The van der Waals surface area contributed by atoms with Crippen molar-refractivity contribution in [2.24, 2.45) is 0 Å². The molecule has 2 N–H and O–H groups in total. The van der Waals surface area contributed by atoms with Crippen molar-refractivity contribution in [3.63, 3.8) is 0 Å². The van der Waals surface area contributed by atoms with Crippen LogP contribution < -0.4 is 10.6 Å². The Kier molecular flexibility index (Phi) is 7.27. The van der Waals surface area contributed by atoms with Crippen LogP contribution in [0.1, 0.15) is 30.6 Å². The first-order valence-corrected chi connectivity index (χ1v) is 11.0. The number of nitrogens with one attached hydrogen (secondary N) is 2. The fourth-order valence-electron chi connectivity index (χ4n) is 2.65. The molecule has 2 aromatic heterocycles. The highest BCUT2D eigenvalue weighted by Gasteiger charge is 2.13. The summed E-state index contributed by atoms with van der Waals surface area (Å²) in [4.78, 5) is 21.5. The van der Waals surface area contributed by atoms with E-state index in [0.29, 0.717) is 18.7 Å². The van der Waals surface area contributed by atoms with Crippen LogP contribution in [0.5, 0.6) is 0 Å². The van der Waals surface area contributed by atoms with Crippen molar-refractivity contribution in [1.82, 2.24) is 25.1 Å². The highest BCUT2D eigenvalue weighted by Crippen LogP contribution is 2.24. The third kappa shape index (κ3) is 5.02. The molecule has 0 bridgehead atoms. The first kappa shape index (κ1) is 20.6. The maximum absolute atomic E-state index is 12.3. The summed E-state index contributed by atoms with van der Waals surface area (Å²) in [6.45, 7) is 6.03. The molecule has 0 aliphatic rings. The summed E-state index contributed by atoms with van der Waals surface area (Å²) >= 11 is 4.97. The molecule has 148 valence electrons. The van der Waals surface area contributed by atoms with Gasteiger partial charge in [-0.25, -0.2) is 14.6 Å². The number of amides is 1. The summed E-state index contributed by atoms with van der Waals surface area (Å²) < 4.78 is 2.76. The summed E-state index contributed by atoms with van der Waals surface area (Å²) in [6.07, 6.45) is 2.79. The van der Waals surface area contributed by atoms with Crippen molar-refractivity contribution >= 4 is 50.5 Å². The van der Waals surface area contributed by atoms with Crippen LogP contribution in [0.2, 0.25) is 0 Å². The van der Waals surface area contributed by atoms with Gasteiger partial charge in [-0.2, -0.15) is 5.10 Å². The molecular formula is C19H23BrN6OS. The smallest absolute Gasteiger partial charge is 0.251 e. The molecule has 3 aromatic rings. The van der Waals surface area contributed by atoms with E-state index in [2.05, 4.69) is 55.5 Å². The molecule has 9 heteroatoms. The lowest BCUT2D eigenvalue weighted by Gasteiger charge is -2.09. The number of nitrogens with zero attached hydrogens (tertiary/aromatic N) is 4. The van der Waals surface area contributed by atoms with Gasteiger partial charge >= 0.3 is 0 Å². The number of anilines is 1. The number of fused-ring (bicyclic) bond motifs is 1. The molecule has 7 nitrogen and oxygen atoms in total. The zero-order valence-corrected chi connectivity index (χ0v) is 18.3. The molecule has 0 radical (unpaired) electrons. The number of carbonyl (C=O) groups excluding carboxylic acids is 1. The Balaban J connectivity index is 1.72. The van der Waals surface area contributed by atoms with Crippen LogP contribution in [-0.2, 0) is 6.54 Å². The van der Waals surface area contributed by atoms with Crippen LogP contribution >= 0.6 is 27.7 Å². The number of thioether (sulfide) groups is 1. The SMILES string of the molecule is CCCNc1nc(SCC)nc2c1cnn2CCNC(=O)c1ccc(Br)cc1. The van der Waals surface area contributed by atoms with Gasteiger partial charge in [0.15, 0.2) is 10.8 Å². The molecule has 28 heavy (non-hydrogen) atoms. The molecule has 0 atom stereocenters. The van der Waals surface area contributed by atoms with Crippen LogP contribution in [0.15, 0.2) is 40.1 Å². The number of hydrogen-bond acceptors (Lipinski definition) is 6. The van der Waals surface area contributed by atoms with Gasteiger partial charge in [-0.3, -0.25) is 4.79 Å². The summed E-state index contributed by atoms with van der Waals surface area (Å²) in [7, 11) is 0. The van der Waals surface area contributed by atoms with Crippen LogP contribution in [0.4, 0.5) is 5.82 Å². The Morgan fingerprint density at radius 2 is 1.96 bits per heavy atom. The van der Waals surface area contributed by atoms with Crippen molar-refractivity contribution < 1.29 is 4.79 Å². The van der Waals surface area contributed by atoms with Crippen LogP contribution in [-0.4, -0.2) is 44.5 Å². The minimum atomic E-state index is -0.105. The molecule has 0 spiro atoms. The van der Waals surface area contributed by atoms with Gasteiger partial charge in [0.1, 0.15) is 5.82 Å². The van der Waals surface area contributed by atoms with Gasteiger partial charge in [-0.05, 0) is 36.4 Å². The van der Waals surface area contributed by atoms with Gasteiger partial charge in [-0.1, -0.05) is 41.5 Å². The van der Waals surface area contributed by atoms with E-state index in [9.17, 15) is 4.79 Å². The van der Waals surface area contributed by atoms with E-state index in [4.69, 9.17) is 0 Å². The second-order valence-corrected chi connectivity index (χ2v) is 8.23. The molecule has 0 aliphatic carbocycles. The maximum atomic E-state index is 12.3. The number of benzene rings is 1. The van der Waals surface area contributed by atoms with E-state index in [1.54, 1.807) is 30.1 Å². The lowest BCUT2D eigenvalue weighted by Crippen LogP contribution is -2.27. The average molecular weight is 463 g/mol. The van der Waals surface area contributed by atoms with Gasteiger partial charge in [-0.15, -0.1) is 0 Å². The van der Waals surface area contributed by atoms with Crippen LogP contribution in [0, 0.1) is 0 Å². The first-order valence-electron chi connectivity index (χ1n) is 9.26. The molecule has 0 unspecified atom stereocenters. The summed E-state index contributed by atoms with van der Waals surface area (Å²) in [6, 6.07) is 7.28. The van der Waals surface area contributed by atoms with Gasteiger partial charge in [0.2, 0.25) is 0 Å². The van der Waals surface area contributed by atoms with Gasteiger partial charge < -0.3 is 10.6 Å². The monoisotopic (exact) mass is 462 g/mol. The quantitative estimate of drug-likeness (QED) is 0.369. The number of hydrogen-bond donors (Lipinski definition) is 2. The Bertz CT molecular complexity index is 943. The molecule has 1 aromatic carbocycles. The number of aromatic nitrogens is 4. The van der Waals surface area contributed by atoms with Gasteiger partial charge in [0.05, 0.1) is 18.1 Å². The van der Waals surface area contributed by atoms with Crippen molar-refractivity contribution in [2.45, 2.75) is 32.0 Å². The molecule has 3 rings (SSSR count). The third-order valence-electron chi connectivity index (χ3n) is 4.01. The van der Waals surface area contributed by atoms with Crippen molar-refractivity contribution in [1.29, 1.82) is 0 Å². The van der Waals surface area contributed by atoms with Crippen LogP contribution in [0.25, 0.3) is 11.0 Å². The average Bonchev–Trinajstić information content (AvgIpc) is 3.10. The summed E-state index contributed by atoms with van der Waals surface area (Å²) in [5.74, 6) is 1.61. The van der Waals surface area contributed by atoms with Crippen molar-refractivity contribution in [2.75, 3.05) is 24.2 Å². The Morgan fingerprint density at radius 1 is 1.18 bits per heavy atom. The molecule has 0 saturated carbocycles. The lowest BCUT2D eigenvalue weighted by atomic mass is 10.2. The highest BCUT2D eigenvalue weighted by atomic mass is 79.9. The lowest BCUT2D eigenvalue weighted by molar-refractivity contribution is 0.0952. The van der Waals surface area contributed by atoms with Gasteiger partial charge in [0.25, 0.3) is 5.91 Å². The first-order chi connectivity index (χ1) is 13.6. The van der Waals surface area contributed by atoms with E-state index in [1.165, 1.54) is 0 Å². The third-order valence-corrected chi connectivity index (χ3v) is 5.27. The number of halogens is 1. The summed E-state index contributed by atoms with van der Waals surface area (Å²) in [5.41, 5.74) is 1.41. The molecule has 1 amide bonds. The molecule has 0 saturated heterocycles. The largest absolute Gasteiger partial charge is 0.369 e. The minimum absolute atomic E-state index is 0.105. The summed E-state index contributed by atoms with van der Waals surface area (Å²) in [5, 5.41) is 12.4. The fraction of sp³-hybridized carbons (Fsp3) is 0.368. The highest BCUT2D eigenvalue weighted by molar-refractivity contribution is 9.10. The molecule has 0 aliphatic heterocycles. The second-order valence-electron chi connectivity index (χ2n) is 6.08.